The van der Waals surface area contributed by atoms with E-state index in [1.165, 1.54) is 6.08 Å². The molecule has 0 aromatic heterocycles. The molecular formula is C14H19NO3. The van der Waals surface area contributed by atoms with E-state index in [1.807, 2.05) is 25.1 Å². The minimum atomic E-state index is -0.110. The van der Waals surface area contributed by atoms with Crippen molar-refractivity contribution in [3.05, 3.63) is 29.8 Å². The molecule has 4 nitrogen and oxygen atoms in total. The number of nitrogens with one attached hydrogen (secondary N) is 1. The van der Waals surface area contributed by atoms with Crippen molar-refractivity contribution in [1.29, 1.82) is 0 Å². The number of rotatable bonds is 6. The summed E-state index contributed by atoms with van der Waals surface area (Å²) in [5.74, 6) is 1.32. The lowest BCUT2D eigenvalue weighted by Gasteiger charge is -2.07. The molecule has 1 N–H and O–H groups in total. The fraction of sp³-hybridized carbons (Fsp3) is 0.357. The topological polar surface area (TPSA) is 47.6 Å². The van der Waals surface area contributed by atoms with Crippen LogP contribution in [0.2, 0.25) is 0 Å². The number of hydrogen-bond acceptors (Lipinski definition) is 3. The van der Waals surface area contributed by atoms with Gasteiger partial charge < -0.3 is 14.8 Å². The normalized spacial score (nSPS) is 10.4. The zero-order valence-corrected chi connectivity index (χ0v) is 11.0. The standard InChI is InChI=1S/C14H19NO3/c1-4-9-15-14(16)8-5-11-10-12(17-2)6-7-13(11)18-3/h5-8,10H,4,9H2,1-3H3,(H,15,16)/b8-5+. The molecule has 0 fully saturated rings. The highest BCUT2D eigenvalue weighted by atomic mass is 16.5. The molecule has 0 unspecified atom stereocenters. The van der Waals surface area contributed by atoms with Crippen molar-refractivity contribution in [2.75, 3.05) is 20.8 Å². The number of carbonyl (C=O) groups excluding carboxylic acids is 1. The summed E-state index contributed by atoms with van der Waals surface area (Å²) in [5.41, 5.74) is 0.809. The maximum atomic E-state index is 11.5. The van der Waals surface area contributed by atoms with Crippen LogP contribution < -0.4 is 14.8 Å². The monoisotopic (exact) mass is 249 g/mol. The van der Waals surface area contributed by atoms with Gasteiger partial charge in [0.05, 0.1) is 14.2 Å². The van der Waals surface area contributed by atoms with E-state index < -0.39 is 0 Å². The maximum absolute atomic E-state index is 11.5. The first-order valence-electron chi connectivity index (χ1n) is 5.89. The van der Waals surface area contributed by atoms with E-state index in [2.05, 4.69) is 5.32 Å². The van der Waals surface area contributed by atoms with Gasteiger partial charge in [-0.05, 0) is 30.7 Å². The van der Waals surface area contributed by atoms with Crippen molar-refractivity contribution < 1.29 is 14.3 Å². The van der Waals surface area contributed by atoms with Crippen molar-refractivity contribution in [2.45, 2.75) is 13.3 Å². The number of amides is 1. The Bertz CT molecular complexity index is 427. The predicted octanol–water partition coefficient (Wildman–Crippen LogP) is 2.24. The zero-order valence-electron chi connectivity index (χ0n) is 11.0. The molecule has 0 bridgehead atoms. The number of benzene rings is 1. The molecule has 0 aliphatic rings. The molecule has 18 heavy (non-hydrogen) atoms. The van der Waals surface area contributed by atoms with Crippen LogP contribution in [0.1, 0.15) is 18.9 Å². The number of hydrogen-bond donors (Lipinski definition) is 1. The zero-order chi connectivity index (χ0) is 13.4. The fourth-order valence-electron chi connectivity index (χ4n) is 1.44. The molecule has 0 radical (unpaired) electrons. The van der Waals surface area contributed by atoms with E-state index in [1.54, 1.807) is 20.3 Å². The minimum Gasteiger partial charge on any atom is -0.497 e. The molecule has 4 heteroatoms. The van der Waals surface area contributed by atoms with Gasteiger partial charge in [0, 0.05) is 18.2 Å². The third kappa shape index (κ3) is 4.13. The van der Waals surface area contributed by atoms with Crippen LogP contribution >= 0.6 is 0 Å². The molecule has 0 saturated carbocycles. The van der Waals surface area contributed by atoms with E-state index >= 15 is 0 Å². The van der Waals surface area contributed by atoms with Gasteiger partial charge in [0.15, 0.2) is 0 Å². The summed E-state index contributed by atoms with van der Waals surface area (Å²) in [5, 5.41) is 2.77. The number of ether oxygens (including phenoxy) is 2. The largest absolute Gasteiger partial charge is 0.497 e. The Balaban J connectivity index is 2.81. The second kappa shape index (κ2) is 7.37. The Morgan fingerprint density at radius 2 is 2.11 bits per heavy atom. The van der Waals surface area contributed by atoms with Crippen LogP contribution in [0.5, 0.6) is 11.5 Å². The Labute approximate surface area is 108 Å². The van der Waals surface area contributed by atoms with E-state index in [0.29, 0.717) is 12.3 Å². The van der Waals surface area contributed by atoms with Crippen LogP contribution in [0.25, 0.3) is 6.08 Å². The second-order valence-electron chi connectivity index (χ2n) is 3.73. The van der Waals surface area contributed by atoms with E-state index in [0.717, 1.165) is 17.7 Å². The second-order valence-corrected chi connectivity index (χ2v) is 3.73. The first-order chi connectivity index (χ1) is 8.71. The molecule has 0 atom stereocenters. The van der Waals surface area contributed by atoms with Crippen molar-refractivity contribution in [1.82, 2.24) is 5.32 Å². The van der Waals surface area contributed by atoms with E-state index in [-0.39, 0.29) is 5.91 Å². The summed E-state index contributed by atoms with van der Waals surface area (Å²) in [6.07, 6.45) is 4.13. The van der Waals surface area contributed by atoms with Crippen molar-refractivity contribution in [3.8, 4) is 11.5 Å². The van der Waals surface area contributed by atoms with Crippen LogP contribution in [-0.4, -0.2) is 26.7 Å². The van der Waals surface area contributed by atoms with E-state index in [9.17, 15) is 4.79 Å². The Kier molecular flexibility index (Phi) is 5.77. The highest BCUT2D eigenvalue weighted by Crippen LogP contribution is 2.24. The lowest BCUT2D eigenvalue weighted by atomic mass is 10.1. The van der Waals surface area contributed by atoms with Gasteiger partial charge in [0.1, 0.15) is 11.5 Å². The van der Waals surface area contributed by atoms with Crippen molar-refractivity contribution in [2.24, 2.45) is 0 Å². The van der Waals surface area contributed by atoms with Crippen LogP contribution in [0.3, 0.4) is 0 Å². The lowest BCUT2D eigenvalue weighted by molar-refractivity contribution is -0.116. The van der Waals surface area contributed by atoms with Crippen LogP contribution in [0.15, 0.2) is 24.3 Å². The van der Waals surface area contributed by atoms with Gasteiger partial charge in [-0.15, -0.1) is 0 Å². The Morgan fingerprint density at radius 3 is 2.72 bits per heavy atom. The summed E-state index contributed by atoms with van der Waals surface area (Å²) in [6, 6.07) is 5.44. The van der Waals surface area contributed by atoms with Gasteiger partial charge in [-0.2, -0.15) is 0 Å². The quantitative estimate of drug-likeness (QED) is 0.786. The molecule has 0 aliphatic heterocycles. The smallest absolute Gasteiger partial charge is 0.244 e. The summed E-state index contributed by atoms with van der Waals surface area (Å²) in [7, 11) is 3.19. The van der Waals surface area contributed by atoms with Crippen molar-refractivity contribution in [3.63, 3.8) is 0 Å². The SMILES string of the molecule is CCCNC(=O)/C=C/c1cc(OC)ccc1OC. The summed E-state index contributed by atoms with van der Waals surface area (Å²) >= 11 is 0. The van der Waals surface area contributed by atoms with Gasteiger partial charge >= 0.3 is 0 Å². The molecule has 1 aromatic rings. The van der Waals surface area contributed by atoms with Crippen LogP contribution in [-0.2, 0) is 4.79 Å². The first-order valence-corrected chi connectivity index (χ1v) is 5.89. The molecule has 0 aliphatic carbocycles. The first kappa shape index (κ1) is 14.1. The number of carbonyl (C=O) groups is 1. The molecule has 1 amide bonds. The summed E-state index contributed by atoms with van der Waals surface area (Å²) in [4.78, 5) is 11.5. The molecule has 0 saturated heterocycles. The third-order valence-corrected chi connectivity index (χ3v) is 2.40. The van der Waals surface area contributed by atoms with Gasteiger partial charge in [0.25, 0.3) is 0 Å². The summed E-state index contributed by atoms with van der Waals surface area (Å²) in [6.45, 7) is 2.69. The Hall–Kier alpha value is -1.97. The highest BCUT2D eigenvalue weighted by Gasteiger charge is 2.02. The highest BCUT2D eigenvalue weighted by molar-refractivity contribution is 5.92. The lowest BCUT2D eigenvalue weighted by Crippen LogP contribution is -2.21. The van der Waals surface area contributed by atoms with Crippen LogP contribution in [0, 0.1) is 0 Å². The Morgan fingerprint density at radius 1 is 1.33 bits per heavy atom. The maximum Gasteiger partial charge on any atom is 0.244 e. The molecule has 0 spiro atoms. The van der Waals surface area contributed by atoms with Crippen molar-refractivity contribution >= 4 is 12.0 Å². The van der Waals surface area contributed by atoms with Crippen LogP contribution in [0.4, 0.5) is 0 Å². The van der Waals surface area contributed by atoms with Gasteiger partial charge in [-0.3, -0.25) is 4.79 Å². The van der Waals surface area contributed by atoms with Gasteiger partial charge in [-0.25, -0.2) is 0 Å². The molecular weight excluding hydrogens is 230 g/mol. The molecule has 98 valence electrons. The average molecular weight is 249 g/mol. The third-order valence-electron chi connectivity index (χ3n) is 2.40. The molecule has 1 aromatic carbocycles. The fourth-order valence-corrected chi connectivity index (χ4v) is 1.44. The predicted molar refractivity (Wildman–Crippen MR) is 71.9 cm³/mol. The molecule has 1 rings (SSSR count). The average Bonchev–Trinajstić information content (AvgIpc) is 2.42. The minimum absolute atomic E-state index is 0.110. The van der Waals surface area contributed by atoms with E-state index in [4.69, 9.17) is 9.47 Å². The molecule has 0 heterocycles. The van der Waals surface area contributed by atoms with Gasteiger partial charge in [0.2, 0.25) is 5.91 Å². The summed E-state index contributed by atoms with van der Waals surface area (Å²) < 4.78 is 10.4. The number of methoxy groups -OCH3 is 2. The van der Waals surface area contributed by atoms with Gasteiger partial charge in [-0.1, -0.05) is 6.92 Å².